The van der Waals surface area contributed by atoms with E-state index in [9.17, 15) is 9.59 Å². The van der Waals surface area contributed by atoms with Crippen molar-refractivity contribution in [1.82, 2.24) is 14.4 Å². The molecule has 2 aromatic heterocycles. The Balaban J connectivity index is 2.06. The van der Waals surface area contributed by atoms with E-state index in [0.717, 1.165) is 23.4 Å². The van der Waals surface area contributed by atoms with Crippen LogP contribution in [0.15, 0.2) is 35.8 Å². The average Bonchev–Trinajstić information content (AvgIpc) is 3.36. The van der Waals surface area contributed by atoms with Gasteiger partial charge in [0.25, 0.3) is 0 Å². The molecule has 0 aliphatic carbocycles. The lowest BCUT2D eigenvalue weighted by Gasteiger charge is -2.28. The predicted octanol–water partition coefficient (Wildman–Crippen LogP) is 3.32. The van der Waals surface area contributed by atoms with Crippen LogP contribution in [0.2, 0.25) is 0 Å². The van der Waals surface area contributed by atoms with E-state index in [-0.39, 0.29) is 18.4 Å². The zero-order valence-corrected chi connectivity index (χ0v) is 18.6. The predicted molar refractivity (Wildman–Crippen MR) is 117 cm³/mol. The quantitative estimate of drug-likeness (QED) is 0.468. The van der Waals surface area contributed by atoms with E-state index in [4.69, 9.17) is 4.74 Å². The van der Waals surface area contributed by atoms with Crippen LogP contribution in [-0.2, 0) is 34.3 Å². The van der Waals surface area contributed by atoms with Gasteiger partial charge in [-0.3, -0.25) is 9.59 Å². The Morgan fingerprint density at radius 1 is 1.10 bits per heavy atom. The number of unbranched alkanes of at least 4 members (excludes halogenated alkanes) is 1. The number of aryl methyl sites for hydroxylation is 1. The molecule has 2 heterocycles. The molecule has 0 fully saturated rings. The van der Waals surface area contributed by atoms with Crippen LogP contribution in [0.4, 0.5) is 0 Å². The molecule has 0 N–H and O–H groups in total. The van der Waals surface area contributed by atoms with Gasteiger partial charge < -0.3 is 19.1 Å². The van der Waals surface area contributed by atoms with Crippen LogP contribution in [0.25, 0.3) is 0 Å². The molecule has 0 atom stereocenters. The van der Waals surface area contributed by atoms with Gasteiger partial charge in [-0.1, -0.05) is 19.4 Å². The van der Waals surface area contributed by atoms with Crippen molar-refractivity contribution in [1.29, 1.82) is 0 Å². The molecule has 2 aromatic rings. The Morgan fingerprint density at radius 3 is 2.52 bits per heavy atom. The van der Waals surface area contributed by atoms with Crippen molar-refractivity contribution < 1.29 is 14.3 Å². The van der Waals surface area contributed by atoms with Crippen LogP contribution in [-0.4, -0.2) is 59.5 Å². The zero-order chi connectivity index (χ0) is 21.1. The monoisotopic (exact) mass is 419 g/mol. The van der Waals surface area contributed by atoms with Crippen molar-refractivity contribution in [2.24, 2.45) is 7.05 Å². The fourth-order valence-electron chi connectivity index (χ4n) is 3.13. The van der Waals surface area contributed by atoms with Crippen LogP contribution in [0.3, 0.4) is 0 Å². The molecular weight excluding hydrogens is 386 g/mol. The molecule has 0 bridgehead atoms. The molecular formula is C22H33N3O3S. The van der Waals surface area contributed by atoms with Gasteiger partial charge in [-0.05, 0) is 36.4 Å². The summed E-state index contributed by atoms with van der Waals surface area (Å²) in [5, 5.41) is 1.97. The number of ether oxygens (including phenoxy) is 1. The normalized spacial score (nSPS) is 10.9. The second kappa shape index (κ2) is 12.4. The average molecular weight is 420 g/mol. The summed E-state index contributed by atoms with van der Waals surface area (Å²) >= 11 is 1.57. The number of amides is 2. The first-order chi connectivity index (χ1) is 14.0. The van der Waals surface area contributed by atoms with Gasteiger partial charge in [0.2, 0.25) is 11.8 Å². The third-order valence-corrected chi connectivity index (χ3v) is 5.78. The number of nitrogens with zero attached hydrogens (tertiary/aromatic N) is 3. The van der Waals surface area contributed by atoms with E-state index in [2.05, 4.69) is 6.92 Å². The first-order valence-electron chi connectivity index (χ1n) is 10.2. The summed E-state index contributed by atoms with van der Waals surface area (Å²) in [7, 11) is 3.63. The molecule has 0 saturated carbocycles. The number of aromatic nitrogens is 1. The molecule has 7 heteroatoms. The third-order valence-electron chi connectivity index (χ3n) is 4.90. The van der Waals surface area contributed by atoms with Gasteiger partial charge in [-0.25, -0.2) is 0 Å². The first-order valence-corrected chi connectivity index (χ1v) is 11.1. The molecule has 2 amide bonds. The van der Waals surface area contributed by atoms with Crippen molar-refractivity contribution in [2.45, 2.75) is 39.2 Å². The molecule has 0 aromatic carbocycles. The summed E-state index contributed by atoms with van der Waals surface area (Å²) in [6, 6.07) is 7.92. The fraction of sp³-hybridized carbons (Fsp3) is 0.545. The van der Waals surface area contributed by atoms with Gasteiger partial charge in [0, 0.05) is 50.6 Å². The summed E-state index contributed by atoms with van der Waals surface area (Å²) in [6.07, 6.45) is 5.01. The number of carbonyl (C=O) groups is 2. The number of rotatable bonds is 13. The van der Waals surface area contributed by atoms with Crippen molar-refractivity contribution in [3.8, 4) is 0 Å². The highest BCUT2D eigenvalue weighted by Crippen LogP contribution is 2.12. The van der Waals surface area contributed by atoms with Gasteiger partial charge in [-0.15, -0.1) is 11.3 Å². The molecule has 2 rings (SSSR count). The Morgan fingerprint density at radius 2 is 1.90 bits per heavy atom. The van der Waals surface area contributed by atoms with Gasteiger partial charge in [0.15, 0.2) is 0 Å². The fourth-order valence-corrected chi connectivity index (χ4v) is 3.82. The first kappa shape index (κ1) is 23.2. The number of carbonyl (C=O) groups excluding carboxylic acids is 2. The number of thiophene rings is 1. The minimum Gasteiger partial charge on any atom is -0.385 e. The van der Waals surface area contributed by atoms with Crippen molar-refractivity contribution in [3.05, 3.63) is 46.4 Å². The van der Waals surface area contributed by atoms with E-state index in [1.165, 1.54) is 0 Å². The maximum absolute atomic E-state index is 13.1. The maximum atomic E-state index is 13.1. The molecule has 0 saturated heterocycles. The molecule has 0 spiro atoms. The second-order valence-electron chi connectivity index (χ2n) is 7.20. The molecule has 29 heavy (non-hydrogen) atoms. The smallest absolute Gasteiger partial charge is 0.242 e. The van der Waals surface area contributed by atoms with E-state index in [1.54, 1.807) is 23.3 Å². The largest absolute Gasteiger partial charge is 0.385 e. The minimum absolute atomic E-state index is 0.00315. The van der Waals surface area contributed by atoms with E-state index >= 15 is 0 Å². The molecule has 0 aliphatic heterocycles. The summed E-state index contributed by atoms with van der Waals surface area (Å²) < 4.78 is 7.16. The Labute approximate surface area is 178 Å². The molecule has 0 unspecified atom stereocenters. The summed E-state index contributed by atoms with van der Waals surface area (Å²) in [4.78, 5) is 30.6. The lowest BCUT2D eigenvalue weighted by atomic mass is 10.2. The van der Waals surface area contributed by atoms with Crippen LogP contribution in [0.5, 0.6) is 0 Å². The van der Waals surface area contributed by atoms with E-state index in [0.29, 0.717) is 39.1 Å². The van der Waals surface area contributed by atoms with Gasteiger partial charge in [-0.2, -0.15) is 0 Å². The highest BCUT2D eigenvalue weighted by molar-refractivity contribution is 7.10. The highest BCUT2D eigenvalue weighted by atomic mass is 32.1. The highest BCUT2D eigenvalue weighted by Gasteiger charge is 2.22. The zero-order valence-electron chi connectivity index (χ0n) is 17.8. The van der Waals surface area contributed by atoms with Crippen LogP contribution in [0.1, 0.15) is 36.8 Å². The van der Waals surface area contributed by atoms with Crippen molar-refractivity contribution in [2.75, 3.05) is 33.4 Å². The summed E-state index contributed by atoms with van der Waals surface area (Å²) in [5.41, 5.74) is 1.09. The Kier molecular flexibility index (Phi) is 9.94. The number of hydrogen-bond donors (Lipinski definition) is 0. The lowest BCUT2D eigenvalue weighted by Crippen LogP contribution is -2.44. The van der Waals surface area contributed by atoms with Crippen LogP contribution in [0, 0.1) is 0 Å². The topological polar surface area (TPSA) is 54.8 Å². The van der Waals surface area contributed by atoms with Crippen molar-refractivity contribution >= 4 is 23.2 Å². The molecule has 0 radical (unpaired) electrons. The van der Waals surface area contributed by atoms with Crippen molar-refractivity contribution in [3.63, 3.8) is 0 Å². The summed E-state index contributed by atoms with van der Waals surface area (Å²) in [5.74, 6) is -0.0113. The minimum atomic E-state index is -0.00814. The summed E-state index contributed by atoms with van der Waals surface area (Å²) in [6.45, 7) is 4.59. The van der Waals surface area contributed by atoms with E-state index in [1.807, 2.05) is 52.4 Å². The Hall–Kier alpha value is -2.12. The number of methoxy groups -OCH3 is 1. The van der Waals surface area contributed by atoms with Gasteiger partial charge in [0.1, 0.15) is 0 Å². The molecule has 160 valence electrons. The SMILES string of the molecule is CCCCN(Cc1cccn1C)C(=O)CN(CCCOC)C(=O)Cc1cccs1. The molecule has 0 aliphatic rings. The lowest BCUT2D eigenvalue weighted by molar-refractivity contribution is -0.140. The second-order valence-corrected chi connectivity index (χ2v) is 8.23. The van der Waals surface area contributed by atoms with Gasteiger partial charge in [0.05, 0.1) is 19.5 Å². The maximum Gasteiger partial charge on any atom is 0.242 e. The molecule has 6 nitrogen and oxygen atoms in total. The number of hydrogen-bond acceptors (Lipinski definition) is 4. The standard InChI is InChI=1S/C22H33N3O3S/c1-4-5-12-24(17-19-9-6-11-23(19)2)22(27)18-25(13-8-14-28-3)21(26)16-20-10-7-15-29-20/h6-7,9-11,15H,4-5,8,12-14,16-18H2,1-3H3. The van der Waals surface area contributed by atoms with Crippen LogP contribution < -0.4 is 0 Å². The van der Waals surface area contributed by atoms with E-state index < -0.39 is 0 Å². The Bertz CT molecular complexity index is 742. The van der Waals surface area contributed by atoms with Gasteiger partial charge >= 0.3 is 0 Å². The van der Waals surface area contributed by atoms with Crippen LogP contribution >= 0.6 is 11.3 Å². The third kappa shape index (κ3) is 7.66.